The molecule has 1 heterocycles. The molecule has 0 radical (unpaired) electrons. The molecule has 0 saturated heterocycles. The first-order valence-corrected chi connectivity index (χ1v) is 5.96. The number of aromatic nitrogens is 2. The summed E-state index contributed by atoms with van der Waals surface area (Å²) >= 11 is 0. The number of nitro groups is 1. The molecule has 1 aromatic heterocycles. The largest absolute Gasteiger partial charge is 0.334 e. The topological polar surface area (TPSA) is 108 Å². The Labute approximate surface area is 109 Å². The minimum absolute atomic E-state index is 0.0678. The molecule has 7 nitrogen and oxygen atoms in total. The molecule has 7 heteroatoms. The van der Waals surface area contributed by atoms with Crippen molar-refractivity contribution >= 4 is 5.69 Å². The molecule has 1 atom stereocenters. The highest BCUT2D eigenvalue weighted by atomic mass is 16.6. The second kappa shape index (κ2) is 5.57. The van der Waals surface area contributed by atoms with Crippen LogP contribution in [-0.2, 0) is 0 Å². The fraction of sp³-hybridized carbons (Fsp3) is 0.333. The molecule has 0 bridgehead atoms. The van der Waals surface area contributed by atoms with Gasteiger partial charge in [-0.25, -0.2) is 0 Å². The van der Waals surface area contributed by atoms with Crippen LogP contribution < -0.4 is 5.73 Å². The van der Waals surface area contributed by atoms with Gasteiger partial charge in [0.2, 0.25) is 0 Å². The number of hydrogen-bond donors (Lipinski definition) is 1. The molecule has 19 heavy (non-hydrogen) atoms. The van der Waals surface area contributed by atoms with E-state index in [9.17, 15) is 10.1 Å². The molecule has 0 aliphatic heterocycles. The van der Waals surface area contributed by atoms with E-state index in [1.807, 2.05) is 6.92 Å². The van der Waals surface area contributed by atoms with E-state index in [-0.39, 0.29) is 17.6 Å². The van der Waals surface area contributed by atoms with E-state index in [0.717, 1.165) is 12.8 Å². The van der Waals surface area contributed by atoms with Crippen molar-refractivity contribution < 1.29 is 9.45 Å². The summed E-state index contributed by atoms with van der Waals surface area (Å²) in [5.74, 6) is 0.490. The smallest absolute Gasteiger partial charge is 0.282 e. The van der Waals surface area contributed by atoms with Gasteiger partial charge in [0.1, 0.15) is 5.56 Å². The monoisotopic (exact) mass is 262 g/mol. The van der Waals surface area contributed by atoms with E-state index in [0.29, 0.717) is 11.4 Å². The van der Waals surface area contributed by atoms with Crippen molar-refractivity contribution in [1.82, 2.24) is 10.1 Å². The molecule has 2 aromatic rings. The van der Waals surface area contributed by atoms with E-state index >= 15 is 0 Å². The SMILES string of the molecule is CCCC(N)c1noc(-c2ccccc2[N+](=O)[O-])n1. The summed E-state index contributed by atoms with van der Waals surface area (Å²) in [7, 11) is 0. The second-order valence-electron chi connectivity index (χ2n) is 4.13. The summed E-state index contributed by atoms with van der Waals surface area (Å²) in [6, 6.07) is 5.91. The average Bonchev–Trinajstić information content (AvgIpc) is 2.88. The Morgan fingerprint density at radius 3 is 2.89 bits per heavy atom. The van der Waals surface area contributed by atoms with Crippen molar-refractivity contribution in [2.24, 2.45) is 5.73 Å². The van der Waals surface area contributed by atoms with Crippen LogP contribution in [0.4, 0.5) is 5.69 Å². The molecule has 0 fully saturated rings. The number of para-hydroxylation sites is 1. The summed E-state index contributed by atoms with van der Waals surface area (Å²) in [6.45, 7) is 2.00. The van der Waals surface area contributed by atoms with Crippen molar-refractivity contribution in [3.05, 3.63) is 40.2 Å². The van der Waals surface area contributed by atoms with E-state index in [4.69, 9.17) is 10.3 Å². The van der Waals surface area contributed by atoms with Gasteiger partial charge >= 0.3 is 0 Å². The van der Waals surface area contributed by atoms with Gasteiger partial charge in [-0.1, -0.05) is 30.6 Å². The van der Waals surface area contributed by atoms with Crippen LogP contribution in [0, 0.1) is 10.1 Å². The molecule has 1 unspecified atom stereocenters. The first-order valence-electron chi connectivity index (χ1n) is 5.96. The van der Waals surface area contributed by atoms with Crippen LogP contribution in [0.1, 0.15) is 31.6 Å². The Morgan fingerprint density at radius 2 is 2.21 bits per heavy atom. The summed E-state index contributed by atoms with van der Waals surface area (Å²) in [5, 5.41) is 14.7. The average molecular weight is 262 g/mol. The van der Waals surface area contributed by atoms with Crippen molar-refractivity contribution in [2.75, 3.05) is 0 Å². The van der Waals surface area contributed by atoms with Gasteiger partial charge in [-0.15, -0.1) is 0 Å². The Kier molecular flexibility index (Phi) is 3.86. The highest BCUT2D eigenvalue weighted by molar-refractivity contribution is 5.66. The molecule has 0 amide bonds. The maximum absolute atomic E-state index is 10.9. The summed E-state index contributed by atoms with van der Waals surface area (Å²) < 4.78 is 5.06. The first-order chi connectivity index (χ1) is 9.13. The molecule has 1 aromatic carbocycles. The minimum atomic E-state index is -0.481. The lowest BCUT2D eigenvalue weighted by Crippen LogP contribution is -2.11. The Bertz CT molecular complexity index is 582. The third kappa shape index (κ3) is 2.76. The third-order valence-electron chi connectivity index (χ3n) is 2.70. The zero-order chi connectivity index (χ0) is 13.8. The molecular weight excluding hydrogens is 248 g/mol. The maximum Gasteiger partial charge on any atom is 0.282 e. The molecule has 0 saturated carbocycles. The van der Waals surface area contributed by atoms with Crippen LogP contribution in [0.5, 0.6) is 0 Å². The molecule has 2 rings (SSSR count). The van der Waals surface area contributed by atoms with Gasteiger partial charge in [-0.05, 0) is 12.5 Å². The van der Waals surface area contributed by atoms with Crippen LogP contribution >= 0.6 is 0 Å². The predicted molar refractivity (Wildman–Crippen MR) is 68.2 cm³/mol. The molecule has 0 aliphatic rings. The summed E-state index contributed by atoms with van der Waals surface area (Å²) in [4.78, 5) is 14.6. The minimum Gasteiger partial charge on any atom is -0.334 e. The van der Waals surface area contributed by atoms with Gasteiger partial charge < -0.3 is 10.3 Å². The van der Waals surface area contributed by atoms with Crippen molar-refractivity contribution in [3.8, 4) is 11.5 Å². The Hall–Kier alpha value is -2.28. The summed E-state index contributed by atoms with van der Waals surface area (Å²) in [5.41, 5.74) is 6.11. The number of nitrogens with two attached hydrogens (primary N) is 1. The number of nitro benzene ring substituents is 1. The van der Waals surface area contributed by atoms with Crippen LogP contribution in [0.2, 0.25) is 0 Å². The van der Waals surface area contributed by atoms with Gasteiger partial charge in [0.05, 0.1) is 11.0 Å². The van der Waals surface area contributed by atoms with E-state index in [2.05, 4.69) is 10.1 Å². The summed E-state index contributed by atoms with van der Waals surface area (Å²) in [6.07, 6.45) is 1.63. The van der Waals surface area contributed by atoms with E-state index in [1.165, 1.54) is 6.07 Å². The molecule has 0 spiro atoms. The number of hydrogen-bond acceptors (Lipinski definition) is 6. The van der Waals surface area contributed by atoms with Crippen molar-refractivity contribution in [1.29, 1.82) is 0 Å². The van der Waals surface area contributed by atoms with Crippen molar-refractivity contribution in [3.63, 3.8) is 0 Å². The number of benzene rings is 1. The zero-order valence-electron chi connectivity index (χ0n) is 10.4. The number of nitrogens with zero attached hydrogens (tertiary/aromatic N) is 3. The molecule has 0 aliphatic carbocycles. The second-order valence-corrected chi connectivity index (χ2v) is 4.13. The fourth-order valence-corrected chi connectivity index (χ4v) is 1.75. The van der Waals surface area contributed by atoms with Crippen LogP contribution in [-0.4, -0.2) is 15.1 Å². The zero-order valence-corrected chi connectivity index (χ0v) is 10.4. The fourth-order valence-electron chi connectivity index (χ4n) is 1.75. The van der Waals surface area contributed by atoms with Crippen LogP contribution in [0.25, 0.3) is 11.5 Å². The van der Waals surface area contributed by atoms with Crippen molar-refractivity contribution in [2.45, 2.75) is 25.8 Å². The Balaban J connectivity index is 2.35. The van der Waals surface area contributed by atoms with E-state index < -0.39 is 4.92 Å². The molecule has 100 valence electrons. The normalized spacial score (nSPS) is 12.3. The van der Waals surface area contributed by atoms with Crippen LogP contribution in [0.3, 0.4) is 0 Å². The Morgan fingerprint density at radius 1 is 1.47 bits per heavy atom. The number of rotatable bonds is 5. The lowest BCUT2D eigenvalue weighted by molar-refractivity contribution is -0.384. The van der Waals surface area contributed by atoms with Gasteiger partial charge in [0.25, 0.3) is 11.6 Å². The highest BCUT2D eigenvalue weighted by Crippen LogP contribution is 2.28. The van der Waals surface area contributed by atoms with Gasteiger partial charge in [-0.3, -0.25) is 10.1 Å². The van der Waals surface area contributed by atoms with E-state index in [1.54, 1.807) is 18.2 Å². The first kappa shape index (κ1) is 13.2. The predicted octanol–water partition coefficient (Wildman–Crippen LogP) is 2.44. The lowest BCUT2D eigenvalue weighted by atomic mass is 10.1. The van der Waals surface area contributed by atoms with Crippen LogP contribution in [0.15, 0.2) is 28.8 Å². The molecular formula is C12H14N4O3. The maximum atomic E-state index is 10.9. The standard InChI is InChI=1S/C12H14N4O3/c1-2-5-9(13)11-14-12(19-15-11)8-6-3-4-7-10(8)16(17)18/h3-4,6-7,9H,2,5,13H2,1H3. The molecule has 2 N–H and O–H groups in total. The van der Waals surface area contributed by atoms with Gasteiger partial charge in [-0.2, -0.15) is 4.98 Å². The third-order valence-corrected chi connectivity index (χ3v) is 2.70. The quantitative estimate of drug-likeness (QED) is 0.654. The highest BCUT2D eigenvalue weighted by Gasteiger charge is 2.21. The lowest BCUT2D eigenvalue weighted by Gasteiger charge is -2.02. The van der Waals surface area contributed by atoms with Gasteiger partial charge in [0, 0.05) is 6.07 Å². The van der Waals surface area contributed by atoms with Gasteiger partial charge in [0.15, 0.2) is 5.82 Å².